The molecule has 2 rings (SSSR count). The fourth-order valence-corrected chi connectivity index (χ4v) is 1.60. The van der Waals surface area contributed by atoms with Crippen molar-refractivity contribution in [3.63, 3.8) is 0 Å². The van der Waals surface area contributed by atoms with Crippen molar-refractivity contribution in [2.24, 2.45) is 0 Å². The second-order valence-electron chi connectivity index (χ2n) is 2.90. The van der Waals surface area contributed by atoms with Crippen LogP contribution in [0.5, 0.6) is 0 Å². The van der Waals surface area contributed by atoms with Gasteiger partial charge in [-0.05, 0) is 36.8 Å². The van der Waals surface area contributed by atoms with E-state index in [1.165, 1.54) is 31.3 Å². The Bertz CT molecular complexity index is 167. The van der Waals surface area contributed by atoms with Crippen molar-refractivity contribution in [1.82, 2.24) is 5.32 Å². The van der Waals surface area contributed by atoms with Gasteiger partial charge < -0.3 is 5.32 Å². The topological polar surface area (TPSA) is 12.0 Å². The highest BCUT2D eigenvalue weighted by molar-refractivity contribution is 5.32. The Morgan fingerprint density at radius 2 is 2.40 bits per heavy atom. The zero-order valence-corrected chi connectivity index (χ0v) is 6.11. The summed E-state index contributed by atoms with van der Waals surface area (Å²) in [6.07, 6.45) is 10.6. The SMILES string of the molecule is [C]1=C2CCCC=C2CCN1. The number of hydrogen-bond donors (Lipinski definition) is 1. The van der Waals surface area contributed by atoms with Gasteiger partial charge in [-0.1, -0.05) is 6.08 Å². The summed E-state index contributed by atoms with van der Waals surface area (Å²) < 4.78 is 0. The molecule has 10 heavy (non-hydrogen) atoms. The van der Waals surface area contributed by atoms with Gasteiger partial charge in [-0.3, -0.25) is 0 Å². The minimum absolute atomic E-state index is 1.08. The van der Waals surface area contributed by atoms with E-state index in [1.54, 1.807) is 5.57 Å². The summed E-state index contributed by atoms with van der Waals surface area (Å²) in [6, 6.07) is 0. The van der Waals surface area contributed by atoms with Crippen LogP contribution in [-0.4, -0.2) is 6.54 Å². The van der Waals surface area contributed by atoms with Crippen molar-refractivity contribution in [2.75, 3.05) is 6.54 Å². The molecule has 0 fully saturated rings. The van der Waals surface area contributed by atoms with Crippen LogP contribution in [0.2, 0.25) is 0 Å². The smallest absolute Gasteiger partial charge is 0.0614 e. The molecule has 0 aromatic carbocycles. The van der Waals surface area contributed by atoms with Gasteiger partial charge in [-0.25, -0.2) is 0 Å². The van der Waals surface area contributed by atoms with Crippen LogP contribution in [0.3, 0.4) is 0 Å². The van der Waals surface area contributed by atoms with Gasteiger partial charge in [0.05, 0.1) is 6.20 Å². The fraction of sp³-hybridized carbons (Fsp3) is 0.556. The van der Waals surface area contributed by atoms with Crippen molar-refractivity contribution in [1.29, 1.82) is 0 Å². The summed E-state index contributed by atoms with van der Waals surface area (Å²) in [5.74, 6) is 0. The molecule has 1 heterocycles. The number of allylic oxidation sites excluding steroid dienone is 2. The van der Waals surface area contributed by atoms with Gasteiger partial charge in [0.1, 0.15) is 0 Å². The second kappa shape index (κ2) is 2.49. The average Bonchev–Trinajstić information content (AvgIpc) is 2.05. The number of nitrogens with one attached hydrogen (secondary N) is 1. The lowest BCUT2D eigenvalue weighted by Crippen LogP contribution is -2.17. The molecule has 0 saturated heterocycles. The molecule has 0 atom stereocenters. The lowest BCUT2D eigenvalue weighted by Gasteiger charge is -2.20. The van der Waals surface area contributed by atoms with Crippen molar-refractivity contribution in [3.05, 3.63) is 23.4 Å². The summed E-state index contributed by atoms with van der Waals surface area (Å²) in [6.45, 7) is 1.08. The molecule has 1 heteroatoms. The Morgan fingerprint density at radius 3 is 3.30 bits per heavy atom. The molecular weight excluding hydrogens is 122 g/mol. The summed E-state index contributed by atoms with van der Waals surface area (Å²) in [5.41, 5.74) is 2.97. The third-order valence-electron chi connectivity index (χ3n) is 2.17. The van der Waals surface area contributed by atoms with E-state index in [4.69, 9.17) is 0 Å². The zero-order chi connectivity index (χ0) is 6.81. The molecule has 53 valence electrons. The first-order chi connectivity index (χ1) is 4.97. The molecule has 1 nitrogen and oxygen atoms in total. The van der Waals surface area contributed by atoms with Crippen LogP contribution in [0, 0.1) is 6.20 Å². The third kappa shape index (κ3) is 0.962. The second-order valence-corrected chi connectivity index (χ2v) is 2.90. The highest BCUT2D eigenvalue weighted by atomic mass is 14.8. The van der Waals surface area contributed by atoms with Crippen LogP contribution in [0.4, 0.5) is 0 Å². The highest BCUT2D eigenvalue weighted by Gasteiger charge is 2.12. The molecule has 0 unspecified atom stereocenters. The lowest BCUT2D eigenvalue weighted by molar-refractivity contribution is 0.695. The molecule has 0 saturated carbocycles. The molecule has 1 radical (unpaired) electrons. The molecule has 1 N–H and O–H groups in total. The number of hydrogen-bond acceptors (Lipinski definition) is 1. The van der Waals surface area contributed by atoms with Crippen molar-refractivity contribution < 1.29 is 0 Å². The van der Waals surface area contributed by atoms with Gasteiger partial charge in [-0.15, -0.1) is 0 Å². The van der Waals surface area contributed by atoms with Gasteiger partial charge in [0.2, 0.25) is 0 Å². The molecule has 1 aliphatic heterocycles. The normalized spacial score (nSPS) is 24.0. The molecule has 0 aromatic heterocycles. The van der Waals surface area contributed by atoms with Crippen LogP contribution in [0.25, 0.3) is 0 Å². The van der Waals surface area contributed by atoms with E-state index >= 15 is 0 Å². The quantitative estimate of drug-likeness (QED) is 0.532. The predicted molar refractivity (Wildman–Crippen MR) is 41.3 cm³/mol. The molecule has 0 amide bonds. The maximum atomic E-state index is 3.22. The van der Waals surface area contributed by atoms with E-state index in [-0.39, 0.29) is 0 Å². The average molecular weight is 134 g/mol. The molecule has 0 bridgehead atoms. The largest absolute Gasteiger partial charge is 0.383 e. The van der Waals surface area contributed by atoms with Crippen LogP contribution >= 0.6 is 0 Å². The zero-order valence-electron chi connectivity index (χ0n) is 6.11. The van der Waals surface area contributed by atoms with E-state index in [1.807, 2.05) is 0 Å². The predicted octanol–water partition coefficient (Wildman–Crippen LogP) is 1.78. The Labute approximate surface area is 61.8 Å². The van der Waals surface area contributed by atoms with Crippen molar-refractivity contribution >= 4 is 0 Å². The Hall–Kier alpha value is -0.720. The van der Waals surface area contributed by atoms with Gasteiger partial charge in [-0.2, -0.15) is 0 Å². The maximum Gasteiger partial charge on any atom is 0.0614 e. The standard InChI is InChI=1S/C9H12N/c1-2-4-9-7-10-6-5-8(9)3-1/h3,10H,1-2,4-6H2. The highest BCUT2D eigenvalue weighted by Crippen LogP contribution is 2.26. The maximum absolute atomic E-state index is 3.22. The Morgan fingerprint density at radius 1 is 1.40 bits per heavy atom. The third-order valence-corrected chi connectivity index (χ3v) is 2.17. The van der Waals surface area contributed by atoms with Crippen LogP contribution in [0.1, 0.15) is 25.7 Å². The first-order valence-corrected chi connectivity index (χ1v) is 4.01. The van der Waals surface area contributed by atoms with Crippen molar-refractivity contribution in [2.45, 2.75) is 25.7 Å². The minimum atomic E-state index is 1.08. The Kier molecular flexibility index (Phi) is 1.50. The first kappa shape index (κ1) is 6.02. The monoisotopic (exact) mass is 134 g/mol. The first-order valence-electron chi connectivity index (χ1n) is 4.01. The Balaban J connectivity index is 2.25. The van der Waals surface area contributed by atoms with E-state index in [0.29, 0.717) is 0 Å². The van der Waals surface area contributed by atoms with Gasteiger partial charge in [0.15, 0.2) is 0 Å². The summed E-state index contributed by atoms with van der Waals surface area (Å²) in [4.78, 5) is 0. The van der Waals surface area contributed by atoms with Gasteiger partial charge in [0, 0.05) is 6.54 Å². The van der Waals surface area contributed by atoms with Crippen LogP contribution < -0.4 is 5.32 Å². The van der Waals surface area contributed by atoms with Gasteiger partial charge in [0.25, 0.3) is 0 Å². The molecular formula is C9H12N. The molecule has 1 aliphatic carbocycles. The molecule has 0 spiro atoms. The van der Waals surface area contributed by atoms with Gasteiger partial charge >= 0.3 is 0 Å². The fourth-order valence-electron chi connectivity index (χ4n) is 1.60. The number of fused-ring (bicyclic) bond motifs is 1. The molecule has 2 aliphatic rings. The van der Waals surface area contributed by atoms with Crippen LogP contribution in [0.15, 0.2) is 17.2 Å². The van der Waals surface area contributed by atoms with E-state index < -0.39 is 0 Å². The van der Waals surface area contributed by atoms with Crippen molar-refractivity contribution in [3.8, 4) is 0 Å². The van der Waals surface area contributed by atoms with Crippen LogP contribution in [-0.2, 0) is 0 Å². The van der Waals surface area contributed by atoms with E-state index in [2.05, 4.69) is 17.6 Å². The van der Waals surface area contributed by atoms with E-state index in [9.17, 15) is 0 Å². The molecule has 0 aromatic rings. The summed E-state index contributed by atoms with van der Waals surface area (Å²) >= 11 is 0. The summed E-state index contributed by atoms with van der Waals surface area (Å²) in [5, 5.41) is 3.16. The summed E-state index contributed by atoms with van der Waals surface area (Å²) in [7, 11) is 0. The van der Waals surface area contributed by atoms with E-state index in [0.717, 1.165) is 6.54 Å². The minimum Gasteiger partial charge on any atom is -0.383 e. The number of rotatable bonds is 0. The lowest BCUT2D eigenvalue weighted by atomic mass is 9.91.